The predicted octanol–water partition coefficient (Wildman–Crippen LogP) is 2.82. The molecule has 3 nitrogen and oxygen atoms in total. The molecule has 2 atom stereocenters. The van der Waals surface area contributed by atoms with Crippen molar-refractivity contribution < 1.29 is 4.74 Å². The first-order valence-electron chi connectivity index (χ1n) is 7.17. The second kappa shape index (κ2) is 4.38. The van der Waals surface area contributed by atoms with Gasteiger partial charge in [0.2, 0.25) is 0 Å². The summed E-state index contributed by atoms with van der Waals surface area (Å²) in [5.41, 5.74) is 1.21. The smallest absolute Gasteiger partial charge is 0.144 e. The van der Waals surface area contributed by atoms with E-state index in [2.05, 4.69) is 51.1 Å². The Hall–Kier alpha value is -0.740. The van der Waals surface area contributed by atoms with E-state index >= 15 is 0 Å². The highest BCUT2D eigenvalue weighted by molar-refractivity contribution is 9.11. The minimum Gasteiger partial charge on any atom is -0.486 e. The van der Waals surface area contributed by atoms with Gasteiger partial charge in [-0.1, -0.05) is 15.9 Å². The molecule has 0 aromatic rings. The third-order valence-electron chi connectivity index (χ3n) is 5.06. The van der Waals surface area contributed by atoms with Crippen molar-refractivity contribution in [3.05, 3.63) is 34.3 Å². The molecule has 0 radical (unpaired) electrons. The van der Waals surface area contributed by atoms with Gasteiger partial charge in [0.15, 0.2) is 0 Å². The Morgan fingerprint density at radius 1 is 1.32 bits per heavy atom. The van der Waals surface area contributed by atoms with Gasteiger partial charge in [-0.25, -0.2) is 0 Å². The summed E-state index contributed by atoms with van der Waals surface area (Å²) in [6.07, 6.45) is 9.31. The number of allylic oxidation sites excluding steroid dienone is 1. The lowest BCUT2D eigenvalue weighted by molar-refractivity contribution is -0.00763. The molecule has 0 spiro atoms. The van der Waals surface area contributed by atoms with Crippen LogP contribution in [0.25, 0.3) is 0 Å². The fraction of sp³-hybridized carbons (Fsp3) is 0.600. The maximum absolute atomic E-state index is 5.74. The average molecular weight is 323 g/mol. The van der Waals surface area contributed by atoms with Crippen LogP contribution in [0.3, 0.4) is 0 Å². The quantitative estimate of drug-likeness (QED) is 0.738. The van der Waals surface area contributed by atoms with Gasteiger partial charge < -0.3 is 9.64 Å². The van der Waals surface area contributed by atoms with Crippen LogP contribution in [-0.4, -0.2) is 41.6 Å². The van der Waals surface area contributed by atoms with Crippen molar-refractivity contribution in [3.63, 3.8) is 0 Å². The first kappa shape index (κ1) is 12.0. The van der Waals surface area contributed by atoms with Crippen LogP contribution in [0.1, 0.15) is 19.8 Å². The third-order valence-corrected chi connectivity index (χ3v) is 5.72. The molecule has 0 aromatic carbocycles. The van der Waals surface area contributed by atoms with Gasteiger partial charge in [0, 0.05) is 28.5 Å². The van der Waals surface area contributed by atoms with Crippen molar-refractivity contribution in [1.29, 1.82) is 0 Å². The number of fused-ring (bicyclic) bond motifs is 4. The van der Waals surface area contributed by atoms with Gasteiger partial charge in [0.1, 0.15) is 12.4 Å². The Balaban J connectivity index is 1.63. The van der Waals surface area contributed by atoms with E-state index < -0.39 is 0 Å². The zero-order chi connectivity index (χ0) is 13.0. The molecule has 3 saturated heterocycles. The van der Waals surface area contributed by atoms with Crippen LogP contribution in [0.2, 0.25) is 0 Å². The summed E-state index contributed by atoms with van der Waals surface area (Å²) in [4.78, 5) is 5.03. The molecule has 0 amide bonds. The highest BCUT2D eigenvalue weighted by Crippen LogP contribution is 2.39. The summed E-state index contributed by atoms with van der Waals surface area (Å²) in [5.74, 6) is 1.86. The number of piperidine rings is 3. The number of ether oxygens (including phenoxy) is 1. The fourth-order valence-corrected chi connectivity index (χ4v) is 4.45. The maximum Gasteiger partial charge on any atom is 0.144 e. The Bertz CT molecular complexity index is 486. The SMILES string of the molecule is C[C@H]1[C@H](N2C=CC3=C(Br)COC3=C2)C2CCN1CC2. The molecular formula is C15H19BrN2O. The normalized spacial score (nSPS) is 40.3. The maximum atomic E-state index is 5.74. The van der Waals surface area contributed by atoms with Crippen molar-refractivity contribution in [2.45, 2.75) is 31.8 Å². The lowest BCUT2D eigenvalue weighted by Gasteiger charge is -2.53. The van der Waals surface area contributed by atoms with E-state index in [9.17, 15) is 0 Å². The second-order valence-corrected chi connectivity index (χ2v) is 6.93. The summed E-state index contributed by atoms with van der Waals surface area (Å²) in [5, 5.41) is 0. The zero-order valence-electron chi connectivity index (χ0n) is 11.2. The summed E-state index contributed by atoms with van der Waals surface area (Å²) >= 11 is 3.58. The van der Waals surface area contributed by atoms with Gasteiger partial charge >= 0.3 is 0 Å². The number of hydrogen-bond acceptors (Lipinski definition) is 3. The van der Waals surface area contributed by atoms with Crippen LogP contribution in [0.5, 0.6) is 0 Å². The highest BCUT2D eigenvalue weighted by Gasteiger charge is 2.42. The van der Waals surface area contributed by atoms with E-state index in [1.54, 1.807) is 0 Å². The Morgan fingerprint density at radius 2 is 2.11 bits per heavy atom. The van der Waals surface area contributed by atoms with Gasteiger partial charge in [0.05, 0.1) is 6.04 Å². The monoisotopic (exact) mass is 322 g/mol. The van der Waals surface area contributed by atoms with Gasteiger partial charge in [-0.05, 0) is 44.8 Å². The molecule has 3 fully saturated rings. The molecular weight excluding hydrogens is 304 g/mol. The zero-order valence-corrected chi connectivity index (χ0v) is 12.8. The van der Waals surface area contributed by atoms with Crippen molar-refractivity contribution in [2.75, 3.05) is 19.7 Å². The largest absolute Gasteiger partial charge is 0.486 e. The Kier molecular flexibility index (Phi) is 2.78. The minimum absolute atomic E-state index is 0.607. The van der Waals surface area contributed by atoms with Crippen LogP contribution in [-0.2, 0) is 4.74 Å². The summed E-state index contributed by atoms with van der Waals surface area (Å²) in [7, 11) is 0. The van der Waals surface area contributed by atoms with Crippen molar-refractivity contribution in [1.82, 2.24) is 9.80 Å². The molecule has 5 aliphatic rings. The van der Waals surface area contributed by atoms with Crippen LogP contribution >= 0.6 is 15.9 Å². The summed E-state index contributed by atoms with van der Waals surface area (Å²) in [6.45, 7) is 5.61. The molecule has 5 aliphatic heterocycles. The molecule has 0 N–H and O–H groups in total. The first-order valence-corrected chi connectivity index (χ1v) is 7.96. The van der Waals surface area contributed by atoms with Gasteiger partial charge in [-0.15, -0.1) is 0 Å². The molecule has 0 aromatic heterocycles. The van der Waals surface area contributed by atoms with Crippen molar-refractivity contribution >= 4 is 15.9 Å². The number of rotatable bonds is 1. The number of nitrogens with zero attached hydrogens (tertiary/aromatic N) is 2. The van der Waals surface area contributed by atoms with Crippen molar-refractivity contribution in [3.8, 4) is 0 Å². The second-order valence-electron chi connectivity index (χ2n) is 5.97. The molecule has 0 aliphatic carbocycles. The molecule has 5 rings (SSSR count). The lowest BCUT2D eigenvalue weighted by Crippen LogP contribution is -2.60. The van der Waals surface area contributed by atoms with E-state index in [-0.39, 0.29) is 0 Å². The van der Waals surface area contributed by atoms with Crippen LogP contribution < -0.4 is 0 Å². The van der Waals surface area contributed by atoms with Gasteiger partial charge in [-0.2, -0.15) is 0 Å². The first-order chi connectivity index (χ1) is 9.24. The molecule has 4 heteroatoms. The number of halogens is 1. The molecule has 0 unspecified atom stereocenters. The Labute approximate surface area is 122 Å². The van der Waals surface area contributed by atoms with E-state index in [4.69, 9.17) is 4.74 Å². The lowest BCUT2D eigenvalue weighted by atomic mass is 9.78. The van der Waals surface area contributed by atoms with E-state index in [0.29, 0.717) is 18.7 Å². The third kappa shape index (κ3) is 1.80. The molecule has 2 bridgehead atoms. The standard InChI is InChI=1S/C15H19BrN2O/c1-10-15(11-2-5-17(10)6-3-11)18-7-4-12-13(16)9-19-14(12)8-18/h4,7-8,10-11,15H,2-3,5-6,9H2,1H3/t10-,15-/m0/s1. The van der Waals surface area contributed by atoms with Gasteiger partial charge in [-0.3, -0.25) is 4.90 Å². The topological polar surface area (TPSA) is 15.7 Å². The van der Waals surface area contributed by atoms with Crippen LogP contribution in [0, 0.1) is 5.92 Å². The average Bonchev–Trinajstić information content (AvgIpc) is 2.81. The van der Waals surface area contributed by atoms with E-state index in [1.807, 2.05) is 0 Å². The molecule has 102 valence electrons. The predicted molar refractivity (Wildman–Crippen MR) is 78.5 cm³/mol. The van der Waals surface area contributed by atoms with Crippen LogP contribution in [0.4, 0.5) is 0 Å². The van der Waals surface area contributed by atoms with E-state index in [1.165, 1.54) is 31.5 Å². The molecule has 5 heterocycles. The highest BCUT2D eigenvalue weighted by atomic mass is 79.9. The summed E-state index contributed by atoms with van der Waals surface area (Å²) < 4.78 is 6.90. The minimum atomic E-state index is 0.607. The van der Waals surface area contributed by atoms with Gasteiger partial charge in [0.25, 0.3) is 0 Å². The fourth-order valence-electron chi connectivity index (χ4n) is 4.00. The van der Waals surface area contributed by atoms with E-state index in [0.717, 1.165) is 16.2 Å². The Morgan fingerprint density at radius 3 is 2.84 bits per heavy atom. The molecule has 19 heavy (non-hydrogen) atoms. The summed E-state index contributed by atoms with van der Waals surface area (Å²) in [6, 6.07) is 1.25. The van der Waals surface area contributed by atoms with Crippen molar-refractivity contribution in [2.24, 2.45) is 5.92 Å². The number of hydrogen-bond donors (Lipinski definition) is 0. The molecule has 0 saturated carbocycles. The van der Waals surface area contributed by atoms with Crippen LogP contribution in [0.15, 0.2) is 34.3 Å².